The molecule has 0 fully saturated rings. The topological polar surface area (TPSA) is 35.2 Å². The molecule has 1 aromatic carbocycles. The highest BCUT2D eigenvalue weighted by Gasteiger charge is 1.99. The Kier molecular flexibility index (Phi) is 5.94. The second-order valence-electron chi connectivity index (χ2n) is 4.32. The minimum Gasteiger partial charge on any atom is -0.493 e. The highest BCUT2D eigenvalue weighted by Crippen LogP contribution is 2.19. The van der Waals surface area contributed by atoms with Gasteiger partial charge >= 0.3 is 0 Å². The van der Waals surface area contributed by atoms with E-state index in [1.807, 2.05) is 0 Å². The summed E-state index contributed by atoms with van der Waals surface area (Å²) in [6, 6.07) is 6.33. The number of hydrogen-bond acceptors (Lipinski definition) is 2. The van der Waals surface area contributed by atoms with Gasteiger partial charge in [-0.3, -0.25) is 0 Å². The molecule has 0 unspecified atom stereocenters. The SMILES string of the molecule is Cc1ccc(C)c(OCCCCCCN)c1. The van der Waals surface area contributed by atoms with Gasteiger partial charge in [-0.05, 0) is 50.4 Å². The average molecular weight is 221 g/mol. The van der Waals surface area contributed by atoms with Crippen molar-refractivity contribution in [3.8, 4) is 5.75 Å². The average Bonchev–Trinajstić information content (AvgIpc) is 2.28. The molecule has 0 spiro atoms. The van der Waals surface area contributed by atoms with Crippen LogP contribution < -0.4 is 10.5 Å². The van der Waals surface area contributed by atoms with Crippen molar-refractivity contribution < 1.29 is 4.74 Å². The van der Waals surface area contributed by atoms with E-state index in [4.69, 9.17) is 10.5 Å². The molecule has 0 atom stereocenters. The van der Waals surface area contributed by atoms with E-state index < -0.39 is 0 Å². The summed E-state index contributed by atoms with van der Waals surface area (Å²) in [6.45, 7) is 5.80. The van der Waals surface area contributed by atoms with Gasteiger partial charge in [0, 0.05) is 0 Å². The Balaban J connectivity index is 2.23. The third-order valence-electron chi connectivity index (χ3n) is 2.70. The fourth-order valence-electron chi connectivity index (χ4n) is 1.64. The van der Waals surface area contributed by atoms with Gasteiger partial charge in [-0.2, -0.15) is 0 Å². The van der Waals surface area contributed by atoms with E-state index in [2.05, 4.69) is 32.0 Å². The number of aryl methyl sites for hydroxylation is 2. The van der Waals surface area contributed by atoms with Crippen molar-refractivity contribution in [3.05, 3.63) is 29.3 Å². The highest BCUT2D eigenvalue weighted by molar-refractivity contribution is 5.35. The van der Waals surface area contributed by atoms with Crippen LogP contribution in [0.3, 0.4) is 0 Å². The first-order valence-corrected chi connectivity index (χ1v) is 6.14. The minimum absolute atomic E-state index is 0.803. The van der Waals surface area contributed by atoms with Crippen LogP contribution in [0, 0.1) is 13.8 Å². The Labute approximate surface area is 98.8 Å². The predicted octanol–water partition coefficient (Wildman–Crippen LogP) is 3.20. The minimum atomic E-state index is 0.803. The molecular weight excluding hydrogens is 198 g/mol. The molecule has 0 saturated heterocycles. The van der Waals surface area contributed by atoms with Crippen LogP contribution in [0.4, 0.5) is 0 Å². The smallest absolute Gasteiger partial charge is 0.122 e. The van der Waals surface area contributed by atoms with E-state index in [0.29, 0.717) is 0 Å². The summed E-state index contributed by atoms with van der Waals surface area (Å²) in [5.74, 6) is 1.03. The first-order chi connectivity index (χ1) is 7.74. The number of unbranched alkanes of at least 4 members (excludes halogenated alkanes) is 3. The maximum atomic E-state index is 5.77. The summed E-state index contributed by atoms with van der Waals surface area (Å²) in [7, 11) is 0. The lowest BCUT2D eigenvalue weighted by Crippen LogP contribution is -2.01. The fourth-order valence-corrected chi connectivity index (χ4v) is 1.64. The van der Waals surface area contributed by atoms with E-state index in [-0.39, 0.29) is 0 Å². The molecule has 16 heavy (non-hydrogen) atoms. The van der Waals surface area contributed by atoms with E-state index in [0.717, 1.165) is 31.7 Å². The molecule has 2 heteroatoms. The van der Waals surface area contributed by atoms with Crippen molar-refractivity contribution in [1.29, 1.82) is 0 Å². The van der Waals surface area contributed by atoms with Crippen molar-refractivity contribution >= 4 is 0 Å². The van der Waals surface area contributed by atoms with E-state index in [1.54, 1.807) is 0 Å². The van der Waals surface area contributed by atoms with Crippen molar-refractivity contribution in [2.24, 2.45) is 5.73 Å². The zero-order valence-electron chi connectivity index (χ0n) is 10.5. The van der Waals surface area contributed by atoms with Gasteiger partial charge in [0.05, 0.1) is 6.61 Å². The molecule has 0 aliphatic carbocycles. The van der Waals surface area contributed by atoms with Crippen LogP contribution in [0.25, 0.3) is 0 Å². The van der Waals surface area contributed by atoms with Crippen LogP contribution >= 0.6 is 0 Å². The second-order valence-corrected chi connectivity index (χ2v) is 4.32. The summed E-state index contributed by atoms with van der Waals surface area (Å²) >= 11 is 0. The van der Waals surface area contributed by atoms with Gasteiger partial charge in [-0.25, -0.2) is 0 Å². The van der Waals surface area contributed by atoms with Crippen molar-refractivity contribution in [1.82, 2.24) is 0 Å². The second kappa shape index (κ2) is 7.29. The summed E-state index contributed by atoms with van der Waals surface area (Å²) in [5, 5.41) is 0. The maximum absolute atomic E-state index is 5.77. The van der Waals surface area contributed by atoms with Gasteiger partial charge in [0.1, 0.15) is 5.75 Å². The van der Waals surface area contributed by atoms with E-state index in [1.165, 1.54) is 24.0 Å². The lowest BCUT2D eigenvalue weighted by molar-refractivity contribution is 0.302. The maximum Gasteiger partial charge on any atom is 0.122 e. The lowest BCUT2D eigenvalue weighted by atomic mass is 10.1. The first-order valence-electron chi connectivity index (χ1n) is 6.14. The Morgan fingerprint density at radius 2 is 1.81 bits per heavy atom. The van der Waals surface area contributed by atoms with Crippen LogP contribution in [0.15, 0.2) is 18.2 Å². The first kappa shape index (κ1) is 13.0. The van der Waals surface area contributed by atoms with Crippen molar-refractivity contribution in [2.45, 2.75) is 39.5 Å². The zero-order valence-corrected chi connectivity index (χ0v) is 10.5. The Bertz CT molecular complexity index is 310. The van der Waals surface area contributed by atoms with E-state index in [9.17, 15) is 0 Å². The van der Waals surface area contributed by atoms with Crippen LogP contribution in [0.5, 0.6) is 5.75 Å². The summed E-state index contributed by atoms with van der Waals surface area (Å²) in [5.41, 5.74) is 7.91. The molecule has 0 bridgehead atoms. The molecule has 2 N–H and O–H groups in total. The standard InChI is InChI=1S/C14H23NO/c1-12-7-8-13(2)14(11-12)16-10-6-4-3-5-9-15/h7-8,11H,3-6,9-10,15H2,1-2H3. The molecule has 0 aliphatic rings. The highest BCUT2D eigenvalue weighted by atomic mass is 16.5. The van der Waals surface area contributed by atoms with Gasteiger partial charge in [0.15, 0.2) is 0 Å². The van der Waals surface area contributed by atoms with Gasteiger partial charge in [-0.15, -0.1) is 0 Å². The fraction of sp³-hybridized carbons (Fsp3) is 0.571. The molecule has 0 aliphatic heterocycles. The van der Waals surface area contributed by atoms with E-state index >= 15 is 0 Å². The lowest BCUT2D eigenvalue weighted by Gasteiger charge is -2.09. The van der Waals surface area contributed by atoms with Gasteiger partial charge in [0.25, 0.3) is 0 Å². The molecule has 1 rings (SSSR count). The van der Waals surface area contributed by atoms with Crippen molar-refractivity contribution in [2.75, 3.05) is 13.2 Å². The largest absolute Gasteiger partial charge is 0.493 e. The molecular formula is C14H23NO. The number of rotatable bonds is 7. The number of hydrogen-bond donors (Lipinski definition) is 1. The van der Waals surface area contributed by atoms with Gasteiger partial charge in [0.2, 0.25) is 0 Å². The molecule has 1 aromatic rings. The summed E-state index contributed by atoms with van der Waals surface area (Å²) < 4.78 is 5.77. The van der Waals surface area contributed by atoms with Crippen LogP contribution in [0.1, 0.15) is 36.8 Å². The molecule has 0 heterocycles. The van der Waals surface area contributed by atoms with Crippen LogP contribution in [-0.2, 0) is 0 Å². The molecule has 2 nitrogen and oxygen atoms in total. The Morgan fingerprint density at radius 3 is 2.56 bits per heavy atom. The summed E-state index contributed by atoms with van der Waals surface area (Å²) in [6.07, 6.45) is 4.67. The van der Waals surface area contributed by atoms with Crippen molar-refractivity contribution in [3.63, 3.8) is 0 Å². The Hall–Kier alpha value is -1.02. The Morgan fingerprint density at radius 1 is 1.06 bits per heavy atom. The predicted molar refractivity (Wildman–Crippen MR) is 68.9 cm³/mol. The summed E-state index contributed by atoms with van der Waals surface area (Å²) in [4.78, 5) is 0. The van der Waals surface area contributed by atoms with Crippen LogP contribution in [0.2, 0.25) is 0 Å². The van der Waals surface area contributed by atoms with Gasteiger partial charge < -0.3 is 10.5 Å². The quantitative estimate of drug-likeness (QED) is 0.718. The third kappa shape index (κ3) is 4.67. The number of nitrogens with two attached hydrogens (primary N) is 1. The van der Waals surface area contributed by atoms with Crippen LogP contribution in [-0.4, -0.2) is 13.2 Å². The molecule has 0 saturated carbocycles. The number of ether oxygens (including phenoxy) is 1. The normalized spacial score (nSPS) is 10.4. The molecule has 0 aromatic heterocycles. The zero-order chi connectivity index (χ0) is 11.8. The molecule has 90 valence electrons. The van der Waals surface area contributed by atoms with Gasteiger partial charge in [-0.1, -0.05) is 25.0 Å². The number of benzene rings is 1. The monoisotopic (exact) mass is 221 g/mol. The molecule has 0 radical (unpaired) electrons. The molecule has 0 amide bonds. The third-order valence-corrected chi connectivity index (χ3v) is 2.70.